The molecule has 4 saturated carbocycles. The summed E-state index contributed by atoms with van der Waals surface area (Å²) in [6, 6.07) is 6.59. The molecule has 4 N–H and O–H groups in total. The number of aliphatic hydroxyl groups excluding tert-OH is 2. The number of aliphatic hydroxyl groups is 3. The van der Waals surface area contributed by atoms with Crippen molar-refractivity contribution >= 4 is 33.0 Å². The van der Waals surface area contributed by atoms with E-state index in [4.69, 9.17) is 11.6 Å². The molecule has 1 amide bonds. The number of nitrogens with one attached hydrogen (secondary N) is 1. The molecule has 2 unspecified atom stereocenters. The van der Waals surface area contributed by atoms with Crippen molar-refractivity contribution < 1.29 is 37.3 Å². The maximum absolute atomic E-state index is 13.5. The molecule has 7 nitrogen and oxygen atoms in total. The maximum atomic E-state index is 13.5. The lowest BCUT2D eigenvalue weighted by molar-refractivity contribution is -0.253. The van der Waals surface area contributed by atoms with Gasteiger partial charge in [-0.15, -0.1) is 0 Å². The molecule has 2 bridgehead atoms. The summed E-state index contributed by atoms with van der Waals surface area (Å²) in [5, 5.41) is 33.6. The lowest BCUT2D eigenvalue weighted by atomic mass is 9.51. The van der Waals surface area contributed by atoms with Crippen LogP contribution in [0.1, 0.15) is 42.5 Å². The van der Waals surface area contributed by atoms with Crippen LogP contribution in [-0.2, 0) is 9.84 Å². The predicted molar refractivity (Wildman–Crippen MR) is 127 cm³/mol. The molecular weight excluding hydrogens is 516 g/mol. The van der Waals surface area contributed by atoms with Crippen LogP contribution in [0.25, 0.3) is 0 Å². The Labute approximate surface area is 212 Å². The molecule has 4 fully saturated rings. The van der Waals surface area contributed by atoms with Gasteiger partial charge >= 0.3 is 0 Å². The third-order valence-corrected chi connectivity index (χ3v) is 10.6. The molecule has 6 rings (SSSR count). The van der Waals surface area contributed by atoms with Crippen LogP contribution in [0.2, 0.25) is 5.02 Å². The molecule has 0 heterocycles. The lowest BCUT2D eigenvalue weighted by Gasteiger charge is -2.60. The van der Waals surface area contributed by atoms with Gasteiger partial charge in [-0.3, -0.25) is 4.79 Å². The van der Waals surface area contributed by atoms with Crippen molar-refractivity contribution in [3.05, 3.63) is 58.6 Å². The fraction of sp³-hybridized carbons (Fsp3) is 0.480. The Hall–Kier alpha value is -2.11. The highest BCUT2D eigenvalue weighted by molar-refractivity contribution is 7.92. The molecule has 0 aromatic heterocycles. The standard InChI is InChI=1S/C25H26ClF2NO6S/c26-18-5-3-13(24(32)29-16-4-6-19(27)20(28)11-16)7-21(18)36(34,35)17-9-14-8-15(10-17)25(14,33)23(31)22(30)12-1-2-12/h3-7,11-12,14-15,17,22-23,30-31,33H,1-2,8-10H2,(H,29,32)/t14?,15?,17-,22-,23+,25-/m0/s1. The molecule has 2 aromatic rings. The number of hydrogen-bond acceptors (Lipinski definition) is 6. The Morgan fingerprint density at radius 2 is 1.69 bits per heavy atom. The molecule has 4 aliphatic rings. The van der Waals surface area contributed by atoms with E-state index in [0.717, 1.165) is 31.0 Å². The fourth-order valence-corrected chi connectivity index (χ4v) is 8.12. The normalized spacial score (nSPS) is 29.2. The molecule has 194 valence electrons. The molecule has 11 heteroatoms. The highest BCUT2D eigenvalue weighted by Gasteiger charge is 2.65. The minimum atomic E-state index is -4.01. The van der Waals surface area contributed by atoms with Crippen molar-refractivity contribution in [3.8, 4) is 0 Å². The number of anilines is 1. The largest absolute Gasteiger partial charge is 0.390 e. The Balaban J connectivity index is 1.34. The van der Waals surface area contributed by atoms with E-state index >= 15 is 0 Å². The van der Waals surface area contributed by atoms with Gasteiger partial charge in [0.1, 0.15) is 6.10 Å². The molecule has 0 radical (unpaired) electrons. The number of sulfone groups is 1. The summed E-state index contributed by atoms with van der Waals surface area (Å²) in [4.78, 5) is 12.4. The first kappa shape index (κ1) is 25.5. The van der Waals surface area contributed by atoms with Crippen molar-refractivity contribution in [2.75, 3.05) is 5.32 Å². The Bertz CT molecular complexity index is 1310. The molecule has 36 heavy (non-hydrogen) atoms. The van der Waals surface area contributed by atoms with Crippen molar-refractivity contribution in [2.45, 2.75) is 60.1 Å². The van der Waals surface area contributed by atoms with E-state index in [0.29, 0.717) is 6.42 Å². The van der Waals surface area contributed by atoms with Crippen molar-refractivity contribution in [1.82, 2.24) is 0 Å². The summed E-state index contributed by atoms with van der Waals surface area (Å²) in [6.45, 7) is 0. The Kier molecular flexibility index (Phi) is 6.40. The topological polar surface area (TPSA) is 124 Å². The maximum Gasteiger partial charge on any atom is 0.255 e. The quantitative estimate of drug-likeness (QED) is 0.426. The van der Waals surface area contributed by atoms with E-state index in [2.05, 4.69) is 5.32 Å². The fourth-order valence-electron chi connectivity index (χ4n) is 5.72. The SMILES string of the molecule is O=C(Nc1ccc(F)c(F)c1)c1ccc(Cl)c(S(=O)(=O)[C@H]2CC3CC(C2)[C@]3(O)[C@H](O)[C@@H](O)C2CC2)c1. The van der Waals surface area contributed by atoms with E-state index in [1.54, 1.807) is 0 Å². The smallest absolute Gasteiger partial charge is 0.255 e. The minimum Gasteiger partial charge on any atom is -0.390 e. The number of carbonyl (C=O) groups is 1. The number of hydrogen-bond donors (Lipinski definition) is 4. The van der Waals surface area contributed by atoms with E-state index < -0.39 is 62.3 Å². The molecule has 4 atom stereocenters. The van der Waals surface area contributed by atoms with Gasteiger partial charge in [0, 0.05) is 17.3 Å². The number of carbonyl (C=O) groups excluding carboxylic acids is 1. The van der Waals surface area contributed by atoms with E-state index in [-0.39, 0.29) is 39.9 Å². The van der Waals surface area contributed by atoms with Crippen molar-refractivity contribution in [1.29, 1.82) is 0 Å². The summed E-state index contributed by atoms with van der Waals surface area (Å²) < 4.78 is 53.7. The number of fused-ring (bicyclic) bond motifs is 2. The number of amides is 1. The average Bonchev–Trinajstić information content (AvgIpc) is 3.70. The highest BCUT2D eigenvalue weighted by atomic mass is 35.5. The molecule has 4 aliphatic carbocycles. The first-order valence-corrected chi connectivity index (χ1v) is 13.7. The van der Waals surface area contributed by atoms with Crippen LogP contribution in [0.3, 0.4) is 0 Å². The van der Waals surface area contributed by atoms with Crippen LogP contribution >= 0.6 is 11.6 Å². The summed E-state index contributed by atoms with van der Waals surface area (Å²) in [5.41, 5.74) is -1.57. The van der Waals surface area contributed by atoms with Crippen LogP contribution in [0.15, 0.2) is 41.3 Å². The minimum absolute atomic E-state index is 0.00291. The van der Waals surface area contributed by atoms with Crippen LogP contribution in [0.4, 0.5) is 14.5 Å². The third-order valence-electron chi connectivity index (χ3n) is 7.99. The average molecular weight is 542 g/mol. The highest BCUT2D eigenvalue weighted by Crippen LogP contribution is 2.58. The van der Waals surface area contributed by atoms with Gasteiger partial charge in [-0.05, 0) is 80.2 Å². The van der Waals surface area contributed by atoms with Gasteiger partial charge in [0.05, 0.1) is 26.9 Å². The second-order valence-corrected chi connectivity index (χ2v) is 12.8. The van der Waals surface area contributed by atoms with Gasteiger partial charge in [0.25, 0.3) is 5.91 Å². The first-order valence-electron chi connectivity index (χ1n) is 11.8. The third kappa shape index (κ3) is 4.22. The van der Waals surface area contributed by atoms with Gasteiger partial charge in [-0.1, -0.05) is 11.6 Å². The van der Waals surface area contributed by atoms with E-state index in [9.17, 15) is 37.3 Å². The molecular formula is C25H26ClF2NO6S. The van der Waals surface area contributed by atoms with Crippen LogP contribution in [0, 0.1) is 29.4 Å². The van der Waals surface area contributed by atoms with E-state index in [1.165, 1.54) is 18.2 Å². The number of halogens is 3. The van der Waals surface area contributed by atoms with Crippen molar-refractivity contribution in [2.24, 2.45) is 17.8 Å². The van der Waals surface area contributed by atoms with Gasteiger partial charge in [-0.2, -0.15) is 0 Å². The molecule has 0 aliphatic heterocycles. The van der Waals surface area contributed by atoms with Crippen LogP contribution in [0.5, 0.6) is 0 Å². The lowest BCUT2D eigenvalue weighted by Crippen LogP contribution is -2.69. The zero-order valence-electron chi connectivity index (χ0n) is 19.1. The number of rotatable bonds is 7. The summed E-state index contributed by atoms with van der Waals surface area (Å²) in [7, 11) is -4.01. The van der Waals surface area contributed by atoms with Gasteiger partial charge < -0.3 is 20.6 Å². The second kappa shape index (κ2) is 9.02. The van der Waals surface area contributed by atoms with Crippen LogP contribution < -0.4 is 5.32 Å². The summed E-state index contributed by atoms with van der Waals surface area (Å²) >= 11 is 6.22. The van der Waals surface area contributed by atoms with Crippen LogP contribution in [-0.4, -0.2) is 52.7 Å². The Morgan fingerprint density at radius 1 is 1.03 bits per heavy atom. The Morgan fingerprint density at radius 3 is 2.31 bits per heavy atom. The first-order chi connectivity index (χ1) is 16.9. The molecule has 2 aromatic carbocycles. The zero-order chi connectivity index (χ0) is 26.0. The van der Waals surface area contributed by atoms with Crippen molar-refractivity contribution in [3.63, 3.8) is 0 Å². The van der Waals surface area contributed by atoms with Gasteiger partial charge in [0.2, 0.25) is 0 Å². The molecule has 0 saturated heterocycles. The summed E-state index contributed by atoms with van der Waals surface area (Å²) in [6.07, 6.45) is -0.0479. The second-order valence-electron chi connectivity index (χ2n) is 10.2. The molecule has 0 spiro atoms. The summed E-state index contributed by atoms with van der Waals surface area (Å²) in [5.74, 6) is -3.95. The van der Waals surface area contributed by atoms with E-state index in [1.807, 2.05) is 0 Å². The monoisotopic (exact) mass is 541 g/mol. The van der Waals surface area contributed by atoms with Gasteiger partial charge in [0.15, 0.2) is 21.5 Å². The van der Waals surface area contributed by atoms with Gasteiger partial charge in [-0.25, -0.2) is 17.2 Å². The predicted octanol–water partition coefficient (Wildman–Crippen LogP) is 3.31. The zero-order valence-corrected chi connectivity index (χ0v) is 20.6. The number of benzene rings is 2.